The van der Waals surface area contributed by atoms with E-state index in [1.54, 1.807) is 42.2 Å². The number of fused-ring (bicyclic) bond motifs is 2. The van der Waals surface area contributed by atoms with E-state index in [0.29, 0.717) is 22.3 Å². The Morgan fingerprint density at radius 3 is 2.96 bits per heavy atom. The lowest BCUT2D eigenvalue weighted by Gasteiger charge is -2.30. The Hall–Kier alpha value is -2.49. The van der Waals surface area contributed by atoms with Gasteiger partial charge in [0.15, 0.2) is 5.65 Å². The first kappa shape index (κ1) is 16.0. The SMILES string of the molecule is Cn1ncc2cc(S(=O)(=O)N[C@@H]3COc4ccccc4[C@H]3O)cnc21. The monoisotopic (exact) mass is 360 g/mol. The molecule has 25 heavy (non-hydrogen) atoms. The van der Waals surface area contributed by atoms with Gasteiger partial charge >= 0.3 is 0 Å². The summed E-state index contributed by atoms with van der Waals surface area (Å²) in [6.07, 6.45) is 1.83. The fourth-order valence-corrected chi connectivity index (χ4v) is 4.08. The van der Waals surface area contributed by atoms with Crippen LogP contribution in [0.4, 0.5) is 0 Å². The summed E-state index contributed by atoms with van der Waals surface area (Å²) >= 11 is 0. The molecule has 0 saturated carbocycles. The fourth-order valence-electron chi connectivity index (χ4n) is 2.88. The molecule has 0 fully saturated rings. The molecule has 0 radical (unpaired) electrons. The summed E-state index contributed by atoms with van der Waals surface area (Å²) in [5.41, 5.74) is 1.15. The number of hydrogen-bond acceptors (Lipinski definition) is 6. The number of para-hydroxylation sites is 1. The molecule has 2 atom stereocenters. The minimum atomic E-state index is -3.87. The summed E-state index contributed by atoms with van der Waals surface area (Å²) in [5.74, 6) is 0.559. The Labute approximate surface area is 144 Å². The highest BCUT2D eigenvalue weighted by Gasteiger charge is 2.33. The molecule has 8 nitrogen and oxygen atoms in total. The van der Waals surface area contributed by atoms with Gasteiger partial charge in [0, 0.05) is 24.2 Å². The molecule has 130 valence electrons. The minimum absolute atomic E-state index is 0.0130. The normalized spacial score (nSPS) is 20.2. The lowest BCUT2D eigenvalue weighted by molar-refractivity contribution is 0.0840. The average molecular weight is 360 g/mol. The highest BCUT2D eigenvalue weighted by molar-refractivity contribution is 7.89. The summed E-state index contributed by atoms with van der Waals surface area (Å²) in [5, 5.41) is 15.1. The number of aryl methyl sites for hydroxylation is 1. The third-order valence-electron chi connectivity index (χ3n) is 4.20. The number of aliphatic hydroxyl groups excluding tert-OH is 1. The highest BCUT2D eigenvalue weighted by Crippen LogP contribution is 2.32. The molecule has 9 heteroatoms. The number of benzene rings is 1. The minimum Gasteiger partial charge on any atom is -0.491 e. The lowest BCUT2D eigenvalue weighted by atomic mass is 10.0. The van der Waals surface area contributed by atoms with Crippen LogP contribution >= 0.6 is 0 Å². The molecule has 0 saturated heterocycles. The van der Waals surface area contributed by atoms with Gasteiger partial charge in [-0.15, -0.1) is 0 Å². The van der Waals surface area contributed by atoms with E-state index in [1.807, 2.05) is 0 Å². The van der Waals surface area contributed by atoms with Crippen molar-refractivity contribution in [2.24, 2.45) is 7.05 Å². The number of aliphatic hydroxyl groups is 1. The number of hydrogen-bond donors (Lipinski definition) is 2. The zero-order valence-corrected chi connectivity index (χ0v) is 14.1. The Kier molecular flexibility index (Phi) is 3.71. The zero-order chi connectivity index (χ0) is 17.6. The van der Waals surface area contributed by atoms with E-state index >= 15 is 0 Å². The predicted octanol–water partition coefficient (Wildman–Crippen LogP) is 0.741. The zero-order valence-electron chi connectivity index (χ0n) is 13.3. The third kappa shape index (κ3) is 2.76. The quantitative estimate of drug-likeness (QED) is 0.714. The Morgan fingerprint density at radius 1 is 1.32 bits per heavy atom. The summed E-state index contributed by atoms with van der Waals surface area (Å²) in [7, 11) is -2.14. The summed E-state index contributed by atoms with van der Waals surface area (Å²) in [4.78, 5) is 4.16. The summed E-state index contributed by atoms with van der Waals surface area (Å²) in [6, 6.07) is 7.73. The molecular weight excluding hydrogens is 344 g/mol. The molecule has 0 amide bonds. The van der Waals surface area contributed by atoms with E-state index in [0.717, 1.165) is 0 Å². The fraction of sp³-hybridized carbons (Fsp3) is 0.250. The Morgan fingerprint density at radius 2 is 2.12 bits per heavy atom. The molecule has 0 aliphatic carbocycles. The van der Waals surface area contributed by atoms with Crippen LogP contribution < -0.4 is 9.46 Å². The van der Waals surface area contributed by atoms with E-state index in [9.17, 15) is 13.5 Å². The van der Waals surface area contributed by atoms with Crippen LogP contribution in [0.15, 0.2) is 47.6 Å². The average Bonchev–Trinajstić information content (AvgIpc) is 2.98. The van der Waals surface area contributed by atoms with Crippen molar-refractivity contribution in [3.8, 4) is 5.75 Å². The smallest absolute Gasteiger partial charge is 0.242 e. The second kappa shape index (κ2) is 5.80. The van der Waals surface area contributed by atoms with Gasteiger partial charge in [-0.25, -0.2) is 18.1 Å². The molecule has 1 aliphatic heterocycles. The Balaban J connectivity index is 1.62. The van der Waals surface area contributed by atoms with Crippen LogP contribution in [-0.2, 0) is 17.1 Å². The van der Waals surface area contributed by atoms with Crippen molar-refractivity contribution >= 4 is 21.1 Å². The number of pyridine rings is 1. The van der Waals surface area contributed by atoms with Gasteiger partial charge in [-0.2, -0.15) is 5.10 Å². The summed E-state index contributed by atoms with van der Waals surface area (Å²) < 4.78 is 34.9. The molecule has 3 aromatic rings. The van der Waals surface area contributed by atoms with Crippen LogP contribution in [-0.4, -0.2) is 40.9 Å². The highest BCUT2D eigenvalue weighted by atomic mass is 32.2. The number of aromatic nitrogens is 3. The van der Waals surface area contributed by atoms with Crippen LogP contribution in [0.5, 0.6) is 5.75 Å². The van der Waals surface area contributed by atoms with Gasteiger partial charge in [0.05, 0.1) is 12.2 Å². The molecule has 2 N–H and O–H groups in total. The van der Waals surface area contributed by atoms with E-state index < -0.39 is 22.2 Å². The Bertz CT molecular complexity index is 1050. The van der Waals surface area contributed by atoms with Gasteiger partial charge in [0.2, 0.25) is 10.0 Å². The van der Waals surface area contributed by atoms with Crippen molar-refractivity contribution in [3.63, 3.8) is 0 Å². The number of ether oxygens (including phenoxy) is 1. The molecule has 0 spiro atoms. The number of nitrogens with zero attached hydrogens (tertiary/aromatic N) is 3. The molecule has 1 aliphatic rings. The van der Waals surface area contributed by atoms with Crippen molar-refractivity contribution in [1.29, 1.82) is 0 Å². The number of sulfonamides is 1. The lowest BCUT2D eigenvalue weighted by Crippen LogP contribution is -2.45. The van der Waals surface area contributed by atoms with Crippen molar-refractivity contribution < 1.29 is 18.3 Å². The van der Waals surface area contributed by atoms with Gasteiger partial charge in [-0.3, -0.25) is 4.68 Å². The molecule has 4 rings (SSSR count). The van der Waals surface area contributed by atoms with Gasteiger partial charge in [-0.1, -0.05) is 18.2 Å². The standard InChI is InChI=1S/C16H16N4O4S/c1-20-16-10(7-18-20)6-11(8-17-16)25(22,23)19-13-9-24-14-5-3-2-4-12(14)15(13)21/h2-8,13,15,19,21H,9H2,1H3/t13-,15-/m1/s1. The van der Waals surface area contributed by atoms with Crippen molar-refractivity contribution in [1.82, 2.24) is 19.5 Å². The largest absolute Gasteiger partial charge is 0.491 e. The molecular formula is C16H16N4O4S. The van der Waals surface area contributed by atoms with E-state index in [4.69, 9.17) is 4.74 Å². The first-order chi connectivity index (χ1) is 12.0. The van der Waals surface area contributed by atoms with Crippen molar-refractivity contribution in [3.05, 3.63) is 48.3 Å². The van der Waals surface area contributed by atoms with Crippen LogP contribution in [0.25, 0.3) is 11.0 Å². The van der Waals surface area contributed by atoms with Gasteiger partial charge < -0.3 is 9.84 Å². The molecule has 0 bridgehead atoms. The van der Waals surface area contributed by atoms with E-state index in [2.05, 4.69) is 14.8 Å². The topological polar surface area (TPSA) is 106 Å². The predicted molar refractivity (Wildman–Crippen MR) is 89.5 cm³/mol. The van der Waals surface area contributed by atoms with Gasteiger partial charge in [-0.05, 0) is 12.1 Å². The first-order valence-corrected chi connectivity index (χ1v) is 9.14. The van der Waals surface area contributed by atoms with Gasteiger partial charge in [0.25, 0.3) is 0 Å². The van der Waals surface area contributed by atoms with Crippen molar-refractivity contribution in [2.45, 2.75) is 17.0 Å². The van der Waals surface area contributed by atoms with E-state index in [1.165, 1.54) is 12.3 Å². The third-order valence-corrected chi connectivity index (χ3v) is 5.66. The van der Waals surface area contributed by atoms with Crippen molar-refractivity contribution in [2.75, 3.05) is 6.61 Å². The first-order valence-electron chi connectivity index (χ1n) is 7.65. The molecule has 1 aromatic carbocycles. The maximum absolute atomic E-state index is 12.7. The second-order valence-corrected chi connectivity index (χ2v) is 7.59. The van der Waals surface area contributed by atoms with Crippen LogP contribution in [0, 0.1) is 0 Å². The second-order valence-electron chi connectivity index (χ2n) is 5.87. The van der Waals surface area contributed by atoms with Crippen LogP contribution in [0.1, 0.15) is 11.7 Å². The number of rotatable bonds is 3. The molecule has 2 aromatic heterocycles. The van der Waals surface area contributed by atoms with E-state index in [-0.39, 0.29) is 11.5 Å². The van der Waals surface area contributed by atoms with Crippen LogP contribution in [0.2, 0.25) is 0 Å². The molecule has 0 unspecified atom stereocenters. The maximum Gasteiger partial charge on any atom is 0.242 e. The maximum atomic E-state index is 12.7. The number of nitrogens with one attached hydrogen (secondary N) is 1. The van der Waals surface area contributed by atoms with Crippen LogP contribution in [0.3, 0.4) is 0 Å². The summed E-state index contributed by atoms with van der Waals surface area (Å²) in [6.45, 7) is 0.0416. The van der Waals surface area contributed by atoms with Gasteiger partial charge in [0.1, 0.15) is 23.4 Å². The molecule has 3 heterocycles.